The molecule has 0 radical (unpaired) electrons. The number of hydrogen-bond donors (Lipinski definition) is 2. The molecule has 2 saturated heterocycles. The Morgan fingerprint density at radius 3 is 2.80 bits per heavy atom. The molecule has 2 heterocycles. The van der Waals surface area contributed by atoms with Crippen LogP contribution in [-0.2, 0) is 0 Å². The predicted octanol–water partition coefficient (Wildman–Crippen LogP) is 2.31. The summed E-state index contributed by atoms with van der Waals surface area (Å²) in [4.78, 5) is 13.3. The van der Waals surface area contributed by atoms with Crippen LogP contribution in [0.25, 0.3) is 0 Å². The maximum atomic E-state index is 13.8. The molecule has 0 spiro atoms. The van der Waals surface area contributed by atoms with Crippen LogP contribution in [-0.4, -0.2) is 41.1 Å². The Labute approximate surface area is 115 Å². The van der Waals surface area contributed by atoms with Gasteiger partial charge >= 0.3 is 5.97 Å². The van der Waals surface area contributed by atoms with E-state index in [0.717, 1.165) is 38.4 Å². The number of rotatable bonds is 3. The Morgan fingerprint density at radius 2 is 2.05 bits per heavy atom. The van der Waals surface area contributed by atoms with E-state index in [4.69, 9.17) is 5.11 Å². The first-order valence-corrected chi connectivity index (χ1v) is 6.79. The highest BCUT2D eigenvalue weighted by Gasteiger charge is 2.37. The van der Waals surface area contributed by atoms with Gasteiger partial charge in [-0.25, -0.2) is 13.6 Å². The number of carbonyl (C=O) groups is 1. The van der Waals surface area contributed by atoms with E-state index in [2.05, 4.69) is 10.2 Å². The van der Waals surface area contributed by atoms with Gasteiger partial charge in [-0.05, 0) is 31.9 Å². The number of halogens is 2. The third-order valence-corrected chi connectivity index (χ3v) is 4.23. The molecule has 2 N–H and O–H groups in total. The van der Waals surface area contributed by atoms with Crippen molar-refractivity contribution in [2.75, 3.05) is 18.4 Å². The molecule has 0 aliphatic carbocycles. The van der Waals surface area contributed by atoms with E-state index >= 15 is 0 Å². The monoisotopic (exact) mass is 282 g/mol. The van der Waals surface area contributed by atoms with Gasteiger partial charge in [0.25, 0.3) is 0 Å². The summed E-state index contributed by atoms with van der Waals surface area (Å²) in [5, 5.41) is 11.9. The Balaban J connectivity index is 1.83. The maximum absolute atomic E-state index is 13.8. The molecular formula is C14H16F2N2O2. The van der Waals surface area contributed by atoms with Crippen LogP contribution in [0.4, 0.5) is 14.5 Å². The van der Waals surface area contributed by atoms with Crippen molar-refractivity contribution in [3.63, 3.8) is 0 Å². The Bertz CT molecular complexity index is 550. The average molecular weight is 282 g/mol. The lowest BCUT2D eigenvalue weighted by molar-refractivity contribution is 0.0692. The molecule has 2 aliphatic rings. The summed E-state index contributed by atoms with van der Waals surface area (Å²) >= 11 is 0. The molecule has 2 fully saturated rings. The van der Waals surface area contributed by atoms with E-state index in [0.29, 0.717) is 12.1 Å². The van der Waals surface area contributed by atoms with E-state index in [1.807, 2.05) is 0 Å². The van der Waals surface area contributed by atoms with Gasteiger partial charge in [0.2, 0.25) is 0 Å². The van der Waals surface area contributed by atoms with E-state index in [-0.39, 0.29) is 11.7 Å². The van der Waals surface area contributed by atoms with Crippen LogP contribution >= 0.6 is 0 Å². The fourth-order valence-corrected chi connectivity index (χ4v) is 3.27. The molecule has 1 aromatic rings. The SMILES string of the molecule is O=C(O)c1cc(NC2CCN3CCCC23)c(F)cc1F. The molecular weight excluding hydrogens is 266 g/mol. The molecule has 3 rings (SSSR count). The van der Waals surface area contributed by atoms with Crippen molar-refractivity contribution in [2.24, 2.45) is 0 Å². The van der Waals surface area contributed by atoms with E-state index < -0.39 is 23.2 Å². The van der Waals surface area contributed by atoms with Crippen molar-refractivity contribution in [3.8, 4) is 0 Å². The zero-order valence-electron chi connectivity index (χ0n) is 10.9. The predicted molar refractivity (Wildman–Crippen MR) is 69.9 cm³/mol. The third kappa shape index (κ3) is 2.24. The number of carboxylic acids is 1. The smallest absolute Gasteiger partial charge is 0.338 e. The zero-order chi connectivity index (χ0) is 14.3. The first-order valence-electron chi connectivity index (χ1n) is 6.79. The van der Waals surface area contributed by atoms with Crippen LogP contribution < -0.4 is 5.32 Å². The van der Waals surface area contributed by atoms with Gasteiger partial charge in [0.15, 0.2) is 0 Å². The lowest BCUT2D eigenvalue weighted by atomic mass is 10.1. The second-order valence-electron chi connectivity index (χ2n) is 5.40. The minimum atomic E-state index is -1.39. The fourth-order valence-electron chi connectivity index (χ4n) is 3.27. The maximum Gasteiger partial charge on any atom is 0.338 e. The summed E-state index contributed by atoms with van der Waals surface area (Å²) in [7, 11) is 0. The molecule has 0 aromatic heterocycles. The highest BCUT2D eigenvalue weighted by atomic mass is 19.1. The molecule has 20 heavy (non-hydrogen) atoms. The van der Waals surface area contributed by atoms with Crippen LogP contribution in [0, 0.1) is 11.6 Å². The number of anilines is 1. The van der Waals surface area contributed by atoms with Crippen molar-refractivity contribution in [3.05, 3.63) is 29.3 Å². The van der Waals surface area contributed by atoms with Crippen molar-refractivity contribution in [1.82, 2.24) is 4.90 Å². The first kappa shape index (κ1) is 13.3. The van der Waals surface area contributed by atoms with Gasteiger partial charge in [-0.1, -0.05) is 0 Å². The second-order valence-corrected chi connectivity index (χ2v) is 5.40. The van der Waals surface area contributed by atoms with Crippen LogP contribution in [0.2, 0.25) is 0 Å². The minimum absolute atomic E-state index is 0.0718. The lowest BCUT2D eigenvalue weighted by Crippen LogP contribution is -2.34. The Hall–Kier alpha value is -1.69. The van der Waals surface area contributed by atoms with Gasteiger partial charge < -0.3 is 10.4 Å². The normalized spacial score (nSPS) is 25.7. The van der Waals surface area contributed by atoms with Crippen molar-refractivity contribution in [2.45, 2.75) is 31.3 Å². The molecule has 0 amide bonds. The number of benzene rings is 1. The molecule has 0 bridgehead atoms. The summed E-state index contributed by atoms with van der Waals surface area (Å²) in [6.07, 6.45) is 3.09. The number of hydrogen-bond acceptors (Lipinski definition) is 3. The third-order valence-electron chi connectivity index (χ3n) is 4.23. The second kappa shape index (κ2) is 5.01. The van der Waals surface area contributed by atoms with Crippen LogP contribution in [0.1, 0.15) is 29.6 Å². The van der Waals surface area contributed by atoms with Gasteiger partial charge in [0.1, 0.15) is 11.6 Å². The summed E-state index contributed by atoms with van der Waals surface area (Å²) in [5.74, 6) is -3.18. The minimum Gasteiger partial charge on any atom is -0.478 e. The number of nitrogens with zero attached hydrogens (tertiary/aromatic N) is 1. The number of aromatic carboxylic acids is 1. The first-order chi connectivity index (χ1) is 9.56. The summed E-state index contributed by atoms with van der Waals surface area (Å²) < 4.78 is 27.1. The molecule has 0 saturated carbocycles. The van der Waals surface area contributed by atoms with Gasteiger partial charge in [0.05, 0.1) is 11.3 Å². The summed E-state index contributed by atoms with van der Waals surface area (Å²) in [6, 6.07) is 2.14. The van der Waals surface area contributed by atoms with E-state index in [1.54, 1.807) is 0 Å². The van der Waals surface area contributed by atoms with Crippen molar-refractivity contribution < 1.29 is 18.7 Å². The molecule has 108 valence electrons. The number of fused-ring (bicyclic) bond motifs is 1. The highest BCUT2D eigenvalue weighted by molar-refractivity contribution is 5.89. The lowest BCUT2D eigenvalue weighted by Gasteiger charge is -2.22. The zero-order valence-corrected chi connectivity index (χ0v) is 10.9. The fraction of sp³-hybridized carbons (Fsp3) is 0.500. The molecule has 6 heteroatoms. The van der Waals surface area contributed by atoms with Gasteiger partial charge in [-0.15, -0.1) is 0 Å². The van der Waals surface area contributed by atoms with E-state index in [9.17, 15) is 13.6 Å². The molecule has 1 aromatic carbocycles. The Morgan fingerprint density at radius 1 is 1.25 bits per heavy atom. The van der Waals surface area contributed by atoms with Crippen molar-refractivity contribution in [1.29, 1.82) is 0 Å². The van der Waals surface area contributed by atoms with Crippen molar-refractivity contribution >= 4 is 11.7 Å². The molecule has 2 atom stereocenters. The quantitative estimate of drug-likeness (QED) is 0.893. The van der Waals surface area contributed by atoms with Gasteiger partial charge in [-0.3, -0.25) is 4.90 Å². The highest BCUT2D eigenvalue weighted by Crippen LogP contribution is 2.31. The average Bonchev–Trinajstić information content (AvgIpc) is 2.96. The summed E-state index contributed by atoms with van der Waals surface area (Å²) in [5.41, 5.74) is -0.433. The number of nitrogens with one attached hydrogen (secondary N) is 1. The Kier molecular flexibility index (Phi) is 3.33. The van der Waals surface area contributed by atoms with Crippen LogP contribution in [0.5, 0.6) is 0 Å². The summed E-state index contributed by atoms with van der Waals surface area (Å²) in [6.45, 7) is 2.03. The van der Waals surface area contributed by atoms with Crippen LogP contribution in [0.3, 0.4) is 0 Å². The largest absolute Gasteiger partial charge is 0.478 e. The standard InChI is InChI=1S/C14H16F2N2O2/c15-9-7-10(16)12(6-8(9)14(19)20)17-11-3-5-18-4-1-2-13(11)18/h6-7,11,13,17H,1-5H2,(H,19,20). The van der Waals surface area contributed by atoms with Gasteiger partial charge in [0, 0.05) is 24.7 Å². The van der Waals surface area contributed by atoms with E-state index in [1.165, 1.54) is 0 Å². The molecule has 4 nitrogen and oxygen atoms in total. The number of carboxylic acid groups (broad SMARTS) is 1. The van der Waals surface area contributed by atoms with Gasteiger partial charge in [-0.2, -0.15) is 0 Å². The molecule has 2 unspecified atom stereocenters. The van der Waals surface area contributed by atoms with Crippen LogP contribution in [0.15, 0.2) is 12.1 Å². The topological polar surface area (TPSA) is 52.6 Å². The molecule has 2 aliphatic heterocycles.